The first-order valence-electron chi connectivity index (χ1n) is 8.52. The molecule has 2 aromatic heterocycles. The highest BCUT2D eigenvalue weighted by atomic mass is 16.1. The van der Waals surface area contributed by atoms with Gasteiger partial charge in [0.05, 0.1) is 16.6 Å². The molecule has 0 bridgehead atoms. The molecule has 6 nitrogen and oxygen atoms in total. The minimum atomic E-state index is -0.0678. The number of rotatable bonds is 1. The van der Waals surface area contributed by atoms with Crippen molar-refractivity contribution in [3.8, 4) is 22.4 Å². The Bertz CT molecular complexity index is 1260. The summed E-state index contributed by atoms with van der Waals surface area (Å²) in [6, 6.07) is 15.4. The molecule has 6 heteroatoms. The molecule has 0 spiro atoms. The first kappa shape index (κ1) is 15.5. The number of hydrogen-bond acceptors (Lipinski definition) is 6. The van der Waals surface area contributed by atoms with Crippen molar-refractivity contribution in [3.63, 3.8) is 0 Å². The molecule has 0 amide bonds. The maximum Gasteiger partial charge on any atom is 0.224 e. The van der Waals surface area contributed by atoms with Crippen molar-refractivity contribution in [2.75, 3.05) is 11.5 Å². The van der Waals surface area contributed by atoms with E-state index in [-0.39, 0.29) is 17.5 Å². The second-order valence-corrected chi connectivity index (χ2v) is 6.62. The standard InChI is InChI=1S/C21H15N5O/c1-10-6-8-11(9-7-10)14-15-17(12-4-2-3-5-13(12)18(15)27)24-20-16(14)19(22)25-21(23)26-20/h2-9H,1H3,(H4,22,23,24,25,26). The molecule has 1 aliphatic rings. The lowest BCUT2D eigenvalue weighted by Crippen LogP contribution is -2.06. The van der Waals surface area contributed by atoms with Crippen LogP contribution < -0.4 is 11.5 Å². The van der Waals surface area contributed by atoms with Crippen LogP contribution in [0.15, 0.2) is 48.5 Å². The Hall–Kier alpha value is -3.80. The maximum absolute atomic E-state index is 13.2. The van der Waals surface area contributed by atoms with E-state index in [1.165, 1.54) is 0 Å². The highest BCUT2D eigenvalue weighted by molar-refractivity contribution is 6.27. The zero-order valence-corrected chi connectivity index (χ0v) is 14.5. The average molecular weight is 353 g/mol. The van der Waals surface area contributed by atoms with E-state index in [1.807, 2.05) is 55.5 Å². The van der Waals surface area contributed by atoms with E-state index in [0.717, 1.165) is 16.7 Å². The normalized spacial score (nSPS) is 12.3. The lowest BCUT2D eigenvalue weighted by molar-refractivity contribution is 0.104. The zero-order valence-electron chi connectivity index (χ0n) is 14.5. The molecule has 0 saturated carbocycles. The van der Waals surface area contributed by atoms with Crippen molar-refractivity contribution < 1.29 is 4.79 Å². The fourth-order valence-electron chi connectivity index (χ4n) is 3.66. The summed E-state index contributed by atoms with van der Waals surface area (Å²) in [6.45, 7) is 2.01. The Morgan fingerprint density at radius 1 is 0.815 bits per heavy atom. The van der Waals surface area contributed by atoms with E-state index in [2.05, 4.69) is 15.0 Å². The van der Waals surface area contributed by atoms with Crippen LogP contribution >= 0.6 is 0 Å². The van der Waals surface area contributed by atoms with Crippen LogP contribution in [0, 0.1) is 6.92 Å². The summed E-state index contributed by atoms with van der Waals surface area (Å²) in [5, 5.41) is 0.549. The summed E-state index contributed by atoms with van der Waals surface area (Å²) in [6.07, 6.45) is 0. The van der Waals surface area contributed by atoms with E-state index >= 15 is 0 Å². The van der Waals surface area contributed by atoms with Gasteiger partial charge in [-0.3, -0.25) is 4.79 Å². The van der Waals surface area contributed by atoms with Crippen LogP contribution in [0.5, 0.6) is 0 Å². The Kier molecular flexibility index (Phi) is 3.06. The minimum absolute atomic E-state index is 0.0555. The number of nitrogens with zero attached hydrogens (tertiary/aromatic N) is 3. The number of hydrogen-bond donors (Lipinski definition) is 2. The lowest BCUT2D eigenvalue weighted by Gasteiger charge is -2.13. The largest absolute Gasteiger partial charge is 0.383 e. The molecule has 2 aromatic carbocycles. The number of ketones is 1. The molecular formula is C21H15N5O. The molecule has 130 valence electrons. The average Bonchev–Trinajstić information content (AvgIpc) is 2.93. The molecule has 0 aliphatic heterocycles. The van der Waals surface area contributed by atoms with Crippen LogP contribution in [0.1, 0.15) is 21.5 Å². The van der Waals surface area contributed by atoms with Crippen LogP contribution in [-0.2, 0) is 0 Å². The van der Waals surface area contributed by atoms with Gasteiger partial charge in [0, 0.05) is 16.7 Å². The molecule has 0 unspecified atom stereocenters. The van der Waals surface area contributed by atoms with Gasteiger partial charge in [0.1, 0.15) is 5.82 Å². The van der Waals surface area contributed by atoms with Gasteiger partial charge in [-0.15, -0.1) is 0 Å². The van der Waals surface area contributed by atoms with Crippen molar-refractivity contribution in [2.24, 2.45) is 0 Å². The van der Waals surface area contributed by atoms with Crippen LogP contribution in [0.25, 0.3) is 33.4 Å². The lowest BCUT2D eigenvalue weighted by atomic mass is 9.94. The van der Waals surface area contributed by atoms with Crippen LogP contribution in [0.4, 0.5) is 11.8 Å². The Balaban J connectivity index is 1.98. The van der Waals surface area contributed by atoms with Gasteiger partial charge in [0.25, 0.3) is 0 Å². The van der Waals surface area contributed by atoms with E-state index in [4.69, 9.17) is 11.5 Å². The van der Waals surface area contributed by atoms with Crippen LogP contribution in [0.3, 0.4) is 0 Å². The number of carbonyl (C=O) groups is 1. The molecular weight excluding hydrogens is 338 g/mol. The smallest absolute Gasteiger partial charge is 0.224 e. The third-order valence-corrected chi connectivity index (χ3v) is 4.88. The number of benzene rings is 2. The quantitative estimate of drug-likeness (QED) is 0.478. The van der Waals surface area contributed by atoms with E-state index in [1.54, 1.807) is 0 Å². The Morgan fingerprint density at radius 2 is 1.52 bits per heavy atom. The molecule has 4 aromatic rings. The fourth-order valence-corrected chi connectivity index (χ4v) is 3.66. The van der Waals surface area contributed by atoms with Gasteiger partial charge in [-0.05, 0) is 12.5 Å². The Labute approximate surface area is 154 Å². The summed E-state index contributed by atoms with van der Waals surface area (Å²) in [5.41, 5.74) is 17.6. The van der Waals surface area contributed by atoms with Crippen molar-refractivity contribution in [1.29, 1.82) is 0 Å². The third-order valence-electron chi connectivity index (χ3n) is 4.88. The first-order valence-corrected chi connectivity index (χ1v) is 8.52. The van der Waals surface area contributed by atoms with Crippen molar-refractivity contribution >= 4 is 28.6 Å². The minimum Gasteiger partial charge on any atom is -0.383 e. The zero-order chi connectivity index (χ0) is 18.7. The van der Waals surface area contributed by atoms with Gasteiger partial charge in [0.2, 0.25) is 5.95 Å². The topological polar surface area (TPSA) is 108 Å². The number of fused-ring (bicyclic) bond motifs is 4. The summed E-state index contributed by atoms with van der Waals surface area (Å²) in [5.74, 6) is 0.203. The monoisotopic (exact) mass is 353 g/mol. The summed E-state index contributed by atoms with van der Waals surface area (Å²) < 4.78 is 0. The van der Waals surface area contributed by atoms with Gasteiger partial charge < -0.3 is 11.5 Å². The Morgan fingerprint density at radius 3 is 2.26 bits per heavy atom. The molecule has 1 aliphatic carbocycles. The second-order valence-electron chi connectivity index (χ2n) is 6.62. The number of nitrogens with two attached hydrogens (primary N) is 2. The predicted molar refractivity (Wildman–Crippen MR) is 105 cm³/mol. The van der Waals surface area contributed by atoms with Crippen LogP contribution in [0.2, 0.25) is 0 Å². The molecule has 5 rings (SSSR count). The maximum atomic E-state index is 13.2. The number of aromatic nitrogens is 3. The number of anilines is 2. The van der Waals surface area contributed by atoms with Gasteiger partial charge in [-0.25, -0.2) is 4.98 Å². The van der Waals surface area contributed by atoms with Gasteiger partial charge >= 0.3 is 0 Å². The fraction of sp³-hybridized carbons (Fsp3) is 0.0476. The van der Waals surface area contributed by atoms with E-state index in [0.29, 0.717) is 33.4 Å². The second kappa shape index (κ2) is 5.35. The van der Waals surface area contributed by atoms with E-state index in [9.17, 15) is 4.79 Å². The molecule has 0 radical (unpaired) electrons. The van der Waals surface area contributed by atoms with Crippen molar-refractivity contribution in [1.82, 2.24) is 15.0 Å². The van der Waals surface area contributed by atoms with Gasteiger partial charge in [-0.2, -0.15) is 9.97 Å². The van der Waals surface area contributed by atoms with Crippen LogP contribution in [-0.4, -0.2) is 20.7 Å². The predicted octanol–water partition coefficient (Wildman–Crippen LogP) is 3.38. The van der Waals surface area contributed by atoms with Crippen molar-refractivity contribution in [3.05, 3.63) is 65.2 Å². The van der Waals surface area contributed by atoms with Gasteiger partial charge in [0.15, 0.2) is 11.4 Å². The van der Waals surface area contributed by atoms with Crippen molar-refractivity contribution in [2.45, 2.75) is 6.92 Å². The summed E-state index contributed by atoms with van der Waals surface area (Å²) >= 11 is 0. The third kappa shape index (κ3) is 2.13. The summed E-state index contributed by atoms with van der Waals surface area (Å²) in [7, 11) is 0. The SMILES string of the molecule is Cc1ccc(-c2c3c(nc4nc(N)nc(N)c24)-c2ccccc2C3=O)cc1. The van der Waals surface area contributed by atoms with E-state index < -0.39 is 0 Å². The molecule has 0 saturated heterocycles. The highest BCUT2D eigenvalue weighted by Crippen LogP contribution is 2.44. The molecule has 2 heterocycles. The number of aryl methyl sites for hydroxylation is 1. The highest BCUT2D eigenvalue weighted by Gasteiger charge is 2.33. The first-order chi connectivity index (χ1) is 13.0. The molecule has 0 fully saturated rings. The number of pyridine rings is 1. The number of nitrogen functional groups attached to an aromatic ring is 2. The molecule has 4 N–H and O–H groups in total. The molecule has 27 heavy (non-hydrogen) atoms. The number of carbonyl (C=O) groups excluding carboxylic acids is 1. The van der Waals surface area contributed by atoms with Gasteiger partial charge in [-0.1, -0.05) is 54.1 Å². The summed E-state index contributed by atoms with van der Waals surface area (Å²) in [4.78, 5) is 26.2. The molecule has 0 atom stereocenters.